The van der Waals surface area contributed by atoms with Gasteiger partial charge in [-0.1, -0.05) is 52.4 Å². The Morgan fingerprint density at radius 3 is 1.85 bits per heavy atom. The average molecular weight is 387 g/mol. The third kappa shape index (κ3) is 18.0. The molecule has 5 nitrogen and oxygen atoms in total. The Balaban J connectivity index is 3.73. The lowest BCUT2D eigenvalue weighted by atomic mass is 9.95. The maximum absolute atomic E-state index is 11.8. The predicted molar refractivity (Wildman–Crippen MR) is 109 cm³/mol. The van der Waals surface area contributed by atoms with E-state index >= 15 is 0 Å². The van der Waals surface area contributed by atoms with E-state index < -0.39 is 0 Å². The topological polar surface area (TPSA) is 61.8 Å². The van der Waals surface area contributed by atoms with Crippen LogP contribution in [-0.4, -0.2) is 38.9 Å². The van der Waals surface area contributed by atoms with E-state index in [1.54, 1.807) is 7.11 Å². The second-order valence-electron chi connectivity index (χ2n) is 7.29. The molecule has 1 atom stereocenters. The molecule has 27 heavy (non-hydrogen) atoms. The molecule has 1 unspecified atom stereocenters. The number of esters is 2. The van der Waals surface area contributed by atoms with Crippen molar-refractivity contribution in [3.05, 3.63) is 0 Å². The number of carbonyl (C=O) groups excluding carboxylic acids is 2. The minimum Gasteiger partial charge on any atom is -0.466 e. The maximum atomic E-state index is 11.8. The molecule has 0 bridgehead atoms. The monoisotopic (exact) mass is 386 g/mol. The summed E-state index contributed by atoms with van der Waals surface area (Å²) < 4.78 is 15.6. The number of methoxy groups -OCH3 is 1. The van der Waals surface area contributed by atoms with Gasteiger partial charge in [-0.15, -0.1) is 0 Å². The minimum absolute atomic E-state index is 0.125. The third-order valence-corrected chi connectivity index (χ3v) is 4.71. The van der Waals surface area contributed by atoms with E-state index in [0.717, 1.165) is 45.1 Å². The zero-order valence-corrected chi connectivity index (χ0v) is 17.9. The van der Waals surface area contributed by atoms with E-state index in [1.807, 2.05) is 6.92 Å². The molecule has 0 aliphatic heterocycles. The van der Waals surface area contributed by atoms with Gasteiger partial charge in [0.1, 0.15) is 0 Å². The van der Waals surface area contributed by atoms with Crippen LogP contribution in [0.4, 0.5) is 0 Å². The van der Waals surface area contributed by atoms with Crippen LogP contribution in [0, 0.1) is 5.92 Å². The summed E-state index contributed by atoms with van der Waals surface area (Å²) >= 11 is 0. The summed E-state index contributed by atoms with van der Waals surface area (Å²) in [6.45, 7) is 5.97. The molecule has 0 rings (SSSR count). The highest BCUT2D eigenvalue weighted by atomic mass is 16.5. The van der Waals surface area contributed by atoms with Crippen molar-refractivity contribution >= 4 is 11.9 Å². The van der Waals surface area contributed by atoms with E-state index in [1.165, 1.54) is 32.1 Å². The summed E-state index contributed by atoms with van der Waals surface area (Å²) in [5, 5.41) is 0. The van der Waals surface area contributed by atoms with Crippen molar-refractivity contribution in [3.63, 3.8) is 0 Å². The van der Waals surface area contributed by atoms with Crippen molar-refractivity contribution < 1.29 is 23.8 Å². The highest BCUT2D eigenvalue weighted by Crippen LogP contribution is 2.18. The summed E-state index contributed by atoms with van der Waals surface area (Å²) in [6, 6.07) is 0. The zero-order chi connectivity index (χ0) is 20.2. The van der Waals surface area contributed by atoms with Gasteiger partial charge in [-0.05, 0) is 38.0 Å². The molecule has 5 heteroatoms. The largest absolute Gasteiger partial charge is 0.466 e. The molecule has 0 radical (unpaired) electrons. The molecular weight excluding hydrogens is 344 g/mol. The standard InChI is InChI=1S/C22H42O5/c1-4-6-7-9-12-20(15-18-25-3)16-19-27-22(24)14-11-8-10-13-21(23)26-17-5-2/h20H,4-19H2,1-3H3. The Labute approximate surface area is 166 Å². The van der Waals surface area contributed by atoms with Crippen molar-refractivity contribution in [3.8, 4) is 0 Å². The van der Waals surface area contributed by atoms with Crippen LogP contribution < -0.4 is 0 Å². The number of hydrogen-bond donors (Lipinski definition) is 0. The average Bonchev–Trinajstić information content (AvgIpc) is 2.66. The van der Waals surface area contributed by atoms with Crippen LogP contribution in [0.1, 0.15) is 97.3 Å². The van der Waals surface area contributed by atoms with Crippen LogP contribution in [0.15, 0.2) is 0 Å². The molecule has 160 valence electrons. The van der Waals surface area contributed by atoms with Crippen molar-refractivity contribution in [2.75, 3.05) is 26.9 Å². The Bertz CT molecular complexity index is 357. The summed E-state index contributed by atoms with van der Waals surface area (Å²) in [5.41, 5.74) is 0. The molecule has 0 N–H and O–H groups in total. The highest BCUT2D eigenvalue weighted by molar-refractivity contribution is 5.69. The van der Waals surface area contributed by atoms with E-state index in [0.29, 0.717) is 32.0 Å². The number of ether oxygens (including phenoxy) is 3. The van der Waals surface area contributed by atoms with Gasteiger partial charge in [-0.3, -0.25) is 9.59 Å². The van der Waals surface area contributed by atoms with E-state index in [-0.39, 0.29) is 11.9 Å². The Hall–Kier alpha value is -1.10. The van der Waals surface area contributed by atoms with Crippen LogP contribution in [0.5, 0.6) is 0 Å². The van der Waals surface area contributed by atoms with Crippen molar-refractivity contribution in [1.29, 1.82) is 0 Å². The number of hydrogen-bond acceptors (Lipinski definition) is 5. The van der Waals surface area contributed by atoms with Gasteiger partial charge in [0.2, 0.25) is 0 Å². The Morgan fingerprint density at radius 2 is 1.26 bits per heavy atom. The molecule has 0 aliphatic rings. The summed E-state index contributed by atoms with van der Waals surface area (Å²) in [4.78, 5) is 23.2. The number of carbonyl (C=O) groups is 2. The molecular formula is C22H42O5. The van der Waals surface area contributed by atoms with E-state index in [2.05, 4.69) is 6.92 Å². The van der Waals surface area contributed by atoms with Gasteiger partial charge >= 0.3 is 11.9 Å². The number of rotatable bonds is 19. The fourth-order valence-electron chi connectivity index (χ4n) is 2.99. The minimum atomic E-state index is -0.138. The van der Waals surface area contributed by atoms with Gasteiger partial charge in [0.05, 0.1) is 13.2 Å². The normalized spacial score (nSPS) is 12.0. The van der Waals surface area contributed by atoms with Crippen LogP contribution in [0.25, 0.3) is 0 Å². The first kappa shape index (κ1) is 25.9. The number of unbranched alkanes of at least 4 members (excludes halogenated alkanes) is 5. The molecule has 0 saturated heterocycles. The van der Waals surface area contributed by atoms with Crippen molar-refractivity contribution in [1.82, 2.24) is 0 Å². The fourth-order valence-corrected chi connectivity index (χ4v) is 2.99. The predicted octanol–water partition coefficient (Wildman–Crippen LogP) is 5.45. The second kappa shape index (κ2) is 19.7. The van der Waals surface area contributed by atoms with Gasteiger partial charge in [-0.25, -0.2) is 0 Å². The summed E-state index contributed by atoms with van der Waals surface area (Å²) in [5.74, 6) is 0.309. The van der Waals surface area contributed by atoms with Crippen molar-refractivity contribution in [2.24, 2.45) is 5.92 Å². The van der Waals surface area contributed by atoms with Gasteiger partial charge in [0.25, 0.3) is 0 Å². The van der Waals surface area contributed by atoms with Crippen molar-refractivity contribution in [2.45, 2.75) is 97.3 Å². The lowest BCUT2D eigenvalue weighted by Gasteiger charge is -2.16. The Morgan fingerprint density at radius 1 is 0.667 bits per heavy atom. The lowest BCUT2D eigenvalue weighted by Crippen LogP contribution is -2.12. The summed E-state index contributed by atoms with van der Waals surface area (Å²) in [6.07, 6.45) is 12.3. The van der Waals surface area contributed by atoms with Crippen LogP contribution >= 0.6 is 0 Å². The van der Waals surface area contributed by atoms with E-state index in [4.69, 9.17) is 14.2 Å². The van der Waals surface area contributed by atoms with Gasteiger partial charge in [-0.2, -0.15) is 0 Å². The Kier molecular flexibility index (Phi) is 18.9. The molecule has 0 aromatic rings. The molecule has 0 heterocycles. The molecule has 0 aromatic carbocycles. The molecule has 0 amide bonds. The smallest absolute Gasteiger partial charge is 0.305 e. The van der Waals surface area contributed by atoms with E-state index in [9.17, 15) is 9.59 Å². The second-order valence-corrected chi connectivity index (χ2v) is 7.29. The van der Waals surface area contributed by atoms with Crippen LogP contribution in [-0.2, 0) is 23.8 Å². The first-order valence-corrected chi connectivity index (χ1v) is 10.9. The SMILES string of the molecule is CCCCCCC(CCOC)CCOC(=O)CCCCCC(=O)OCCC. The molecule has 0 aliphatic carbocycles. The molecule has 0 spiro atoms. The zero-order valence-electron chi connectivity index (χ0n) is 17.9. The first-order valence-electron chi connectivity index (χ1n) is 10.9. The van der Waals surface area contributed by atoms with Gasteiger partial charge in [0, 0.05) is 26.6 Å². The first-order chi connectivity index (χ1) is 13.1. The van der Waals surface area contributed by atoms with Crippen LogP contribution in [0.2, 0.25) is 0 Å². The summed E-state index contributed by atoms with van der Waals surface area (Å²) in [7, 11) is 1.73. The molecule has 0 fully saturated rings. The quantitative estimate of drug-likeness (QED) is 0.218. The third-order valence-electron chi connectivity index (χ3n) is 4.71. The van der Waals surface area contributed by atoms with Gasteiger partial charge in [0.15, 0.2) is 0 Å². The van der Waals surface area contributed by atoms with Gasteiger partial charge < -0.3 is 14.2 Å². The molecule has 0 saturated carbocycles. The highest BCUT2D eigenvalue weighted by Gasteiger charge is 2.11. The lowest BCUT2D eigenvalue weighted by molar-refractivity contribution is -0.144. The van der Waals surface area contributed by atoms with Crippen LogP contribution in [0.3, 0.4) is 0 Å². The fraction of sp³-hybridized carbons (Fsp3) is 0.909. The maximum Gasteiger partial charge on any atom is 0.305 e. The molecule has 0 aromatic heterocycles.